The highest BCUT2D eigenvalue weighted by Gasteiger charge is 2.34. The smallest absolute Gasteiger partial charge is 0.370 e. The summed E-state index contributed by atoms with van der Waals surface area (Å²) in [4.78, 5) is 37.5. The van der Waals surface area contributed by atoms with Crippen LogP contribution in [-0.2, 0) is 17.3 Å². The number of halogens is 4. The summed E-state index contributed by atoms with van der Waals surface area (Å²) in [5, 5.41) is 6.82. The predicted octanol–water partition coefficient (Wildman–Crippen LogP) is 5.17. The Morgan fingerprint density at radius 2 is 1.91 bits per heavy atom. The molecule has 2 aliphatic rings. The molecule has 46 heavy (non-hydrogen) atoms. The number of likely N-dealkylation sites (N-methyl/N-ethyl adjacent to an activating group) is 1. The molecule has 2 aromatic heterocycles. The Bertz CT molecular complexity index is 1850. The molecule has 6 rings (SSSR count). The van der Waals surface area contributed by atoms with Gasteiger partial charge in [-0.2, -0.15) is 18.2 Å². The summed E-state index contributed by atoms with van der Waals surface area (Å²) < 4.78 is 68.3. The van der Waals surface area contributed by atoms with Crippen LogP contribution in [0.5, 0.6) is 0 Å². The van der Waals surface area contributed by atoms with Crippen molar-refractivity contribution >= 4 is 44.9 Å². The SMILES string of the molecule is CN(c1ccc(Nc2ncc3cc(C(=O)C4CC4)c(=O)n(Cc4c(F)cccc4S(=O)CC(F)(F)F)c3n2)cc1)C1CCCNC1. The van der Waals surface area contributed by atoms with Crippen LogP contribution in [0.1, 0.15) is 41.6 Å². The van der Waals surface area contributed by atoms with Crippen molar-refractivity contribution in [2.75, 3.05) is 36.1 Å². The molecule has 9 nitrogen and oxygen atoms in total. The molecule has 2 aromatic carbocycles. The Balaban J connectivity index is 1.36. The number of hydrogen-bond acceptors (Lipinski definition) is 8. The molecule has 242 valence electrons. The van der Waals surface area contributed by atoms with E-state index < -0.39 is 45.5 Å². The highest BCUT2D eigenvalue weighted by atomic mass is 32.2. The van der Waals surface area contributed by atoms with Crippen molar-refractivity contribution in [1.29, 1.82) is 0 Å². The van der Waals surface area contributed by atoms with E-state index in [1.807, 2.05) is 31.3 Å². The Morgan fingerprint density at radius 1 is 1.15 bits per heavy atom. The predicted molar refractivity (Wildman–Crippen MR) is 168 cm³/mol. The lowest BCUT2D eigenvalue weighted by atomic mass is 10.1. The van der Waals surface area contributed by atoms with E-state index in [0.717, 1.165) is 54.4 Å². The van der Waals surface area contributed by atoms with Gasteiger partial charge in [-0.15, -0.1) is 0 Å². The molecular formula is C32H32F4N6O3S. The Labute approximate surface area is 264 Å². The lowest BCUT2D eigenvalue weighted by Crippen LogP contribution is -2.44. The number of benzene rings is 2. The lowest BCUT2D eigenvalue weighted by Gasteiger charge is -2.33. The Kier molecular flexibility index (Phi) is 8.92. The van der Waals surface area contributed by atoms with Gasteiger partial charge in [0.2, 0.25) is 5.95 Å². The molecule has 2 N–H and O–H groups in total. The number of nitrogens with zero attached hydrogens (tertiary/aromatic N) is 4. The number of pyridine rings is 1. The van der Waals surface area contributed by atoms with Crippen LogP contribution in [0.4, 0.5) is 34.9 Å². The molecule has 0 amide bonds. The fourth-order valence-corrected chi connectivity index (χ4v) is 6.80. The third-order valence-electron chi connectivity index (χ3n) is 8.32. The molecule has 1 saturated carbocycles. The number of hydrogen-bond donors (Lipinski definition) is 2. The monoisotopic (exact) mass is 656 g/mol. The fourth-order valence-electron chi connectivity index (χ4n) is 5.68. The van der Waals surface area contributed by atoms with Gasteiger partial charge in [0.25, 0.3) is 5.56 Å². The summed E-state index contributed by atoms with van der Waals surface area (Å²) in [5.74, 6) is -3.18. The van der Waals surface area contributed by atoms with Crippen LogP contribution < -0.4 is 21.1 Å². The molecule has 2 atom stereocenters. The summed E-state index contributed by atoms with van der Waals surface area (Å²) in [6, 6.07) is 12.7. The first-order valence-corrected chi connectivity index (χ1v) is 16.3. The van der Waals surface area contributed by atoms with Crippen LogP contribution in [-0.4, -0.2) is 62.6 Å². The van der Waals surface area contributed by atoms with Crippen molar-refractivity contribution < 1.29 is 26.6 Å². The van der Waals surface area contributed by atoms with Gasteiger partial charge in [-0.05, 0) is 74.7 Å². The van der Waals surface area contributed by atoms with Crippen molar-refractivity contribution in [2.24, 2.45) is 5.92 Å². The van der Waals surface area contributed by atoms with Gasteiger partial charge in [-0.3, -0.25) is 18.4 Å². The number of fused-ring (bicyclic) bond motifs is 1. The van der Waals surface area contributed by atoms with E-state index in [4.69, 9.17) is 0 Å². The maximum absolute atomic E-state index is 15.2. The molecule has 3 heterocycles. The number of carbonyl (C=O) groups is 1. The van der Waals surface area contributed by atoms with E-state index in [1.54, 1.807) is 0 Å². The maximum Gasteiger partial charge on any atom is 0.400 e. The zero-order valence-corrected chi connectivity index (χ0v) is 25.8. The standard InChI is InChI=1S/C32H32F4N6O3S/c1-41(23-4-3-13-37-16-23)22-11-9-21(10-12-22)39-31-38-15-20-14-24(28(43)19-7-8-19)30(44)42(29(20)40-31)17-25-26(33)5-2-6-27(25)46(45)18-32(34,35)36/h2,5-6,9-12,14-15,19,23,37H,3-4,7-8,13,16-18H2,1H3,(H,38,39,40). The van der Waals surface area contributed by atoms with Crippen molar-refractivity contribution in [3.63, 3.8) is 0 Å². The van der Waals surface area contributed by atoms with Crippen LogP contribution in [0.25, 0.3) is 11.0 Å². The summed E-state index contributed by atoms with van der Waals surface area (Å²) in [7, 11) is -0.589. The molecule has 1 aliphatic carbocycles. The topological polar surface area (TPSA) is 109 Å². The number of piperidine rings is 1. The van der Waals surface area contributed by atoms with Gasteiger partial charge >= 0.3 is 6.18 Å². The first-order chi connectivity index (χ1) is 22.0. The molecule has 2 fully saturated rings. The first-order valence-electron chi connectivity index (χ1n) is 15.0. The summed E-state index contributed by atoms with van der Waals surface area (Å²) >= 11 is 0. The van der Waals surface area contributed by atoms with E-state index in [2.05, 4.69) is 25.5 Å². The van der Waals surface area contributed by atoms with Crippen LogP contribution in [0.3, 0.4) is 0 Å². The first kappa shape index (κ1) is 31.8. The minimum absolute atomic E-state index is 0.0341. The molecule has 14 heteroatoms. The third kappa shape index (κ3) is 6.97. The minimum Gasteiger partial charge on any atom is -0.370 e. The number of Topliss-reactive ketones (excluding diaryl/α,β-unsaturated/α-hetero) is 1. The molecule has 2 unspecified atom stereocenters. The van der Waals surface area contributed by atoms with Crippen molar-refractivity contribution in [1.82, 2.24) is 19.9 Å². The second kappa shape index (κ2) is 12.9. The molecule has 0 spiro atoms. The van der Waals surface area contributed by atoms with E-state index in [1.165, 1.54) is 12.3 Å². The van der Waals surface area contributed by atoms with E-state index in [0.29, 0.717) is 30.0 Å². The number of carbonyl (C=O) groups excluding carboxylic acids is 1. The van der Waals surface area contributed by atoms with Crippen molar-refractivity contribution in [2.45, 2.75) is 49.3 Å². The van der Waals surface area contributed by atoms with Gasteiger partial charge in [0.05, 0.1) is 22.9 Å². The number of alkyl halides is 3. The van der Waals surface area contributed by atoms with Crippen LogP contribution in [0.2, 0.25) is 0 Å². The second-order valence-corrected chi connectivity index (χ2v) is 13.1. The number of anilines is 3. The maximum atomic E-state index is 15.2. The van der Waals surface area contributed by atoms with Crippen LogP contribution in [0.15, 0.2) is 64.4 Å². The number of ketones is 1. The third-order valence-corrected chi connectivity index (χ3v) is 9.78. The number of rotatable bonds is 10. The van der Waals surface area contributed by atoms with E-state index >= 15 is 4.39 Å². The largest absolute Gasteiger partial charge is 0.400 e. The number of nitrogens with one attached hydrogen (secondary N) is 2. The Hall–Kier alpha value is -4.17. The normalized spacial score (nSPS) is 17.5. The molecule has 0 bridgehead atoms. The number of aromatic nitrogens is 3. The highest BCUT2D eigenvalue weighted by Crippen LogP contribution is 2.33. The second-order valence-electron chi connectivity index (χ2n) is 11.7. The molecular weight excluding hydrogens is 624 g/mol. The summed E-state index contributed by atoms with van der Waals surface area (Å²) in [5.41, 5.74) is 0.462. The van der Waals surface area contributed by atoms with Crippen molar-refractivity contribution in [3.05, 3.63) is 82.0 Å². The van der Waals surface area contributed by atoms with Gasteiger partial charge in [-0.1, -0.05) is 6.07 Å². The lowest BCUT2D eigenvalue weighted by molar-refractivity contribution is -0.105. The molecule has 4 aromatic rings. The zero-order valence-electron chi connectivity index (χ0n) is 24.9. The molecule has 1 saturated heterocycles. The summed E-state index contributed by atoms with van der Waals surface area (Å²) in [6.07, 6.45) is 0.136. The molecule has 1 aliphatic heterocycles. The van der Waals surface area contributed by atoms with Crippen molar-refractivity contribution in [3.8, 4) is 0 Å². The van der Waals surface area contributed by atoms with Gasteiger partial charge in [0, 0.05) is 59.0 Å². The van der Waals surface area contributed by atoms with Crippen LogP contribution >= 0.6 is 0 Å². The van der Waals surface area contributed by atoms with Crippen LogP contribution in [0, 0.1) is 11.7 Å². The van der Waals surface area contributed by atoms with E-state index in [-0.39, 0.29) is 34.4 Å². The van der Waals surface area contributed by atoms with Gasteiger partial charge in [-0.25, -0.2) is 9.37 Å². The van der Waals surface area contributed by atoms with Gasteiger partial charge < -0.3 is 15.5 Å². The highest BCUT2D eigenvalue weighted by molar-refractivity contribution is 7.85. The average molecular weight is 657 g/mol. The average Bonchev–Trinajstić information content (AvgIpc) is 3.88. The van der Waals surface area contributed by atoms with E-state index in [9.17, 15) is 27.0 Å². The van der Waals surface area contributed by atoms with Gasteiger partial charge in [0.1, 0.15) is 17.2 Å². The fraction of sp³-hybridized carbons (Fsp3) is 0.375. The minimum atomic E-state index is -4.76. The molecule has 0 radical (unpaired) electrons. The van der Waals surface area contributed by atoms with Gasteiger partial charge in [0.15, 0.2) is 5.78 Å². The quantitative estimate of drug-likeness (QED) is 0.178. The summed E-state index contributed by atoms with van der Waals surface area (Å²) in [6.45, 7) is 1.33. The Morgan fingerprint density at radius 3 is 2.59 bits per heavy atom. The zero-order chi connectivity index (χ0) is 32.6.